The van der Waals surface area contributed by atoms with E-state index in [1.54, 1.807) is 24.3 Å². The van der Waals surface area contributed by atoms with E-state index < -0.39 is 0 Å². The van der Waals surface area contributed by atoms with E-state index in [0.29, 0.717) is 18.8 Å². The Labute approximate surface area is 134 Å². The fraction of sp³-hybridized carbons (Fsp3) is 0.467. The van der Waals surface area contributed by atoms with Crippen LogP contribution in [0.3, 0.4) is 0 Å². The molecule has 0 aromatic carbocycles. The van der Waals surface area contributed by atoms with Gasteiger partial charge in [-0.15, -0.1) is 5.10 Å². The lowest BCUT2D eigenvalue weighted by molar-refractivity contribution is -0.127. The van der Waals surface area contributed by atoms with Crippen LogP contribution in [0.5, 0.6) is 5.88 Å². The number of rotatable bonds is 5. The minimum Gasteiger partial charge on any atom is -0.480 e. The van der Waals surface area contributed by atoms with Crippen molar-refractivity contribution in [1.29, 1.82) is 0 Å². The number of carbonyl (C=O) groups is 1. The molecule has 3 heterocycles. The number of aryl methyl sites for hydroxylation is 1. The molecule has 2 atom stereocenters. The van der Waals surface area contributed by atoms with Crippen LogP contribution >= 0.6 is 0 Å². The van der Waals surface area contributed by atoms with Crippen LogP contribution in [-0.2, 0) is 18.4 Å². The molecule has 3 rings (SSSR count). The van der Waals surface area contributed by atoms with Gasteiger partial charge in [0, 0.05) is 45.4 Å². The first-order valence-electron chi connectivity index (χ1n) is 7.43. The molecule has 0 saturated carbocycles. The molecular weight excluding hydrogens is 296 g/mol. The Bertz CT molecular complexity index is 684. The van der Waals surface area contributed by atoms with E-state index >= 15 is 0 Å². The summed E-state index contributed by atoms with van der Waals surface area (Å²) in [6, 6.07) is 5.54. The summed E-state index contributed by atoms with van der Waals surface area (Å²) in [5.74, 6) is 0.604. The van der Waals surface area contributed by atoms with Crippen molar-refractivity contribution in [2.75, 3.05) is 14.2 Å². The van der Waals surface area contributed by atoms with Gasteiger partial charge < -0.3 is 15.0 Å². The van der Waals surface area contributed by atoms with Gasteiger partial charge in [-0.25, -0.2) is 0 Å². The second-order valence-electron chi connectivity index (χ2n) is 5.59. The quantitative estimate of drug-likeness (QED) is 0.853. The SMILES string of the molecule is COc1ccc(CN[C@@H]2CC(=O)N(C)[C@H]2c2ccnn2C)nn1. The summed E-state index contributed by atoms with van der Waals surface area (Å²) in [6.45, 7) is 0.539. The first-order chi connectivity index (χ1) is 11.1. The lowest BCUT2D eigenvalue weighted by atomic mass is 10.1. The summed E-state index contributed by atoms with van der Waals surface area (Å²) in [6.07, 6.45) is 2.20. The van der Waals surface area contributed by atoms with Crippen LogP contribution in [0.15, 0.2) is 24.4 Å². The third kappa shape index (κ3) is 3.02. The van der Waals surface area contributed by atoms with Crippen LogP contribution in [-0.4, -0.2) is 51.0 Å². The zero-order valence-electron chi connectivity index (χ0n) is 13.4. The highest BCUT2D eigenvalue weighted by Gasteiger charge is 2.39. The maximum absolute atomic E-state index is 12.1. The summed E-state index contributed by atoms with van der Waals surface area (Å²) >= 11 is 0. The normalized spacial score (nSPS) is 21.0. The fourth-order valence-electron chi connectivity index (χ4n) is 2.92. The lowest BCUT2D eigenvalue weighted by Gasteiger charge is -2.25. The summed E-state index contributed by atoms with van der Waals surface area (Å²) < 4.78 is 6.81. The predicted molar refractivity (Wildman–Crippen MR) is 82.5 cm³/mol. The zero-order valence-corrected chi connectivity index (χ0v) is 13.4. The van der Waals surface area contributed by atoms with E-state index in [0.717, 1.165) is 11.4 Å². The number of carbonyl (C=O) groups excluding carboxylic acids is 1. The number of aromatic nitrogens is 4. The van der Waals surface area contributed by atoms with E-state index in [1.807, 2.05) is 30.9 Å². The summed E-state index contributed by atoms with van der Waals surface area (Å²) in [7, 11) is 5.27. The molecule has 23 heavy (non-hydrogen) atoms. The van der Waals surface area contributed by atoms with Gasteiger partial charge in [-0.2, -0.15) is 10.2 Å². The number of likely N-dealkylation sites (tertiary alicyclic amines) is 1. The summed E-state index contributed by atoms with van der Waals surface area (Å²) in [5, 5.41) is 15.7. The molecule has 0 aliphatic carbocycles. The van der Waals surface area contributed by atoms with Gasteiger partial charge in [0.25, 0.3) is 0 Å². The average Bonchev–Trinajstić information content (AvgIpc) is 3.09. The highest BCUT2D eigenvalue weighted by Crippen LogP contribution is 2.31. The monoisotopic (exact) mass is 316 g/mol. The molecule has 1 fully saturated rings. The smallest absolute Gasteiger partial charge is 0.233 e. The number of methoxy groups -OCH3 is 1. The Morgan fingerprint density at radius 2 is 2.13 bits per heavy atom. The molecule has 1 N–H and O–H groups in total. The van der Waals surface area contributed by atoms with Crippen LogP contribution in [0.4, 0.5) is 0 Å². The number of amides is 1. The zero-order chi connectivity index (χ0) is 16.4. The Balaban J connectivity index is 1.72. The van der Waals surface area contributed by atoms with Crippen LogP contribution in [0, 0.1) is 0 Å². The molecule has 0 unspecified atom stereocenters. The molecule has 0 spiro atoms. The molecule has 0 bridgehead atoms. The molecule has 2 aromatic heterocycles. The molecule has 1 aliphatic rings. The minimum absolute atomic E-state index is 0.00630. The van der Waals surface area contributed by atoms with Crippen molar-refractivity contribution < 1.29 is 9.53 Å². The molecule has 1 aliphatic heterocycles. The Kier molecular flexibility index (Phi) is 4.24. The molecule has 8 nitrogen and oxygen atoms in total. The highest BCUT2D eigenvalue weighted by molar-refractivity contribution is 5.80. The second kappa shape index (κ2) is 6.33. The molecule has 122 valence electrons. The van der Waals surface area contributed by atoms with Crippen LogP contribution in [0.1, 0.15) is 23.9 Å². The largest absolute Gasteiger partial charge is 0.480 e. The van der Waals surface area contributed by atoms with Gasteiger partial charge >= 0.3 is 0 Å². The van der Waals surface area contributed by atoms with Crippen molar-refractivity contribution >= 4 is 5.91 Å². The summed E-state index contributed by atoms with van der Waals surface area (Å²) in [4.78, 5) is 13.9. The third-order valence-corrected chi connectivity index (χ3v) is 4.20. The van der Waals surface area contributed by atoms with Crippen molar-refractivity contribution in [3.05, 3.63) is 35.8 Å². The molecule has 8 heteroatoms. The van der Waals surface area contributed by atoms with Gasteiger partial charge in [0.2, 0.25) is 11.8 Å². The average molecular weight is 316 g/mol. The summed E-state index contributed by atoms with van der Waals surface area (Å²) in [5.41, 5.74) is 1.81. The topological polar surface area (TPSA) is 85.2 Å². The van der Waals surface area contributed by atoms with Crippen molar-refractivity contribution in [3.63, 3.8) is 0 Å². The second-order valence-corrected chi connectivity index (χ2v) is 5.59. The standard InChI is InChI=1S/C15H20N6O2/c1-20-14(22)8-11(15(20)12-6-7-17-21(12)2)16-9-10-4-5-13(23-3)19-18-10/h4-7,11,15-16H,8-9H2,1-3H3/t11-,15-/m1/s1. The Morgan fingerprint density at radius 1 is 1.30 bits per heavy atom. The number of likely N-dealkylation sites (N-methyl/N-ethyl adjacent to an activating group) is 1. The number of hydrogen-bond acceptors (Lipinski definition) is 6. The number of nitrogens with zero attached hydrogens (tertiary/aromatic N) is 5. The van der Waals surface area contributed by atoms with Crippen molar-refractivity contribution in [3.8, 4) is 5.88 Å². The minimum atomic E-state index is -0.0405. The third-order valence-electron chi connectivity index (χ3n) is 4.20. The van der Waals surface area contributed by atoms with Crippen LogP contribution < -0.4 is 10.1 Å². The maximum atomic E-state index is 12.1. The van der Waals surface area contributed by atoms with Crippen molar-refractivity contribution in [1.82, 2.24) is 30.2 Å². The lowest BCUT2D eigenvalue weighted by Crippen LogP contribution is -2.36. The van der Waals surface area contributed by atoms with Crippen molar-refractivity contribution in [2.45, 2.75) is 25.0 Å². The fourth-order valence-corrected chi connectivity index (χ4v) is 2.92. The van der Waals surface area contributed by atoms with E-state index in [4.69, 9.17) is 4.74 Å². The van der Waals surface area contributed by atoms with Gasteiger partial charge in [-0.1, -0.05) is 0 Å². The molecule has 1 amide bonds. The highest BCUT2D eigenvalue weighted by atomic mass is 16.5. The van der Waals surface area contributed by atoms with Crippen LogP contribution in [0.2, 0.25) is 0 Å². The van der Waals surface area contributed by atoms with Gasteiger partial charge in [0.1, 0.15) is 0 Å². The van der Waals surface area contributed by atoms with E-state index in [9.17, 15) is 4.79 Å². The maximum Gasteiger partial charge on any atom is 0.233 e. The number of ether oxygens (including phenoxy) is 1. The van der Waals surface area contributed by atoms with Crippen molar-refractivity contribution in [2.24, 2.45) is 7.05 Å². The first-order valence-corrected chi connectivity index (χ1v) is 7.43. The first kappa shape index (κ1) is 15.4. The molecule has 1 saturated heterocycles. The Morgan fingerprint density at radius 3 is 2.74 bits per heavy atom. The predicted octanol–water partition coefficient (Wildman–Crippen LogP) is 0.280. The Hall–Kier alpha value is -2.48. The van der Waals surface area contributed by atoms with Gasteiger partial charge in [-0.3, -0.25) is 9.48 Å². The number of hydrogen-bond donors (Lipinski definition) is 1. The van der Waals surface area contributed by atoms with E-state index in [-0.39, 0.29) is 18.0 Å². The molecular formula is C15H20N6O2. The van der Waals surface area contributed by atoms with Crippen LogP contribution in [0.25, 0.3) is 0 Å². The molecule has 2 aromatic rings. The van der Waals surface area contributed by atoms with Gasteiger partial charge in [-0.05, 0) is 12.1 Å². The van der Waals surface area contributed by atoms with E-state index in [2.05, 4.69) is 20.6 Å². The van der Waals surface area contributed by atoms with Gasteiger partial charge in [0.05, 0.1) is 24.5 Å². The number of nitrogens with one attached hydrogen (secondary N) is 1. The molecule has 0 radical (unpaired) electrons. The van der Waals surface area contributed by atoms with E-state index in [1.165, 1.54) is 0 Å². The van der Waals surface area contributed by atoms with Gasteiger partial charge in [0.15, 0.2) is 0 Å².